The summed E-state index contributed by atoms with van der Waals surface area (Å²) in [4.78, 5) is 42.9. The standard InChI is InChI=1S/C55H66F2N6O3.C8H15NO/c1-7-36(4)53(65)60(6)48-29-40(12-11-37(48)5)39-19-26-61(27-20-39)32-38-17-24-62(25-18-38)33-55(21-22-55)34-66-54-58-51-45(52(59-54)63-23-9-10-35(3)31-63)15-14-44(50(51)57)46-30-42(64)28-41-13-16-47(56)43(8-2)49(41)46;1-4-9-8(10)6-5-7(2)3/h2,11-16,28-30,35-36,38-39,64H,7,9-10,17-27,31-34H2,1,3-6H3;4,7H,1,5-6H2,2-3H3,(H,9,10). The van der Waals surface area contributed by atoms with E-state index in [0.29, 0.717) is 64.2 Å². The first-order chi connectivity index (χ1) is 36.5. The topological polar surface area (TPSA) is 114 Å². The van der Waals surface area contributed by atoms with Crippen LogP contribution >= 0.6 is 0 Å². The molecule has 0 spiro atoms. The van der Waals surface area contributed by atoms with Gasteiger partial charge in [0, 0.05) is 73.0 Å². The number of nitrogens with one attached hydrogen (secondary N) is 1. The third-order valence-electron chi connectivity index (χ3n) is 16.7. The van der Waals surface area contributed by atoms with E-state index in [1.54, 1.807) is 12.1 Å². The van der Waals surface area contributed by atoms with Gasteiger partial charge in [-0.25, -0.2) is 8.78 Å². The van der Waals surface area contributed by atoms with Crippen LogP contribution in [-0.4, -0.2) is 103 Å². The second-order valence-electron chi connectivity index (χ2n) is 23.0. The van der Waals surface area contributed by atoms with E-state index in [-0.39, 0.29) is 51.6 Å². The average Bonchev–Trinajstić information content (AvgIpc) is 4.19. The molecular weight excluding hydrogens is 957 g/mol. The van der Waals surface area contributed by atoms with Crippen molar-refractivity contribution < 1.29 is 28.2 Å². The van der Waals surface area contributed by atoms with Gasteiger partial charge in [-0.15, -0.1) is 6.42 Å². The summed E-state index contributed by atoms with van der Waals surface area (Å²) in [5, 5.41) is 14.7. The molecule has 1 aliphatic carbocycles. The number of likely N-dealkylation sites (tertiary alicyclic amines) is 2. The van der Waals surface area contributed by atoms with Crippen molar-refractivity contribution in [1.82, 2.24) is 25.1 Å². The minimum absolute atomic E-state index is 0.00952. The molecule has 4 heterocycles. The van der Waals surface area contributed by atoms with E-state index < -0.39 is 11.6 Å². The zero-order valence-electron chi connectivity index (χ0n) is 46.2. The molecule has 13 heteroatoms. The third-order valence-corrected chi connectivity index (χ3v) is 16.7. The summed E-state index contributed by atoms with van der Waals surface area (Å²) in [7, 11) is 1.92. The molecule has 1 aromatic heterocycles. The molecule has 76 heavy (non-hydrogen) atoms. The van der Waals surface area contributed by atoms with E-state index >= 15 is 8.78 Å². The zero-order valence-corrected chi connectivity index (χ0v) is 46.2. The van der Waals surface area contributed by atoms with Crippen molar-refractivity contribution in [3.05, 3.63) is 95.7 Å². The Morgan fingerprint density at radius 2 is 1.71 bits per heavy atom. The van der Waals surface area contributed by atoms with E-state index in [1.165, 1.54) is 42.8 Å². The number of hydrogen-bond acceptors (Lipinski definition) is 9. The Labute approximate surface area is 450 Å². The smallest absolute Gasteiger partial charge is 0.319 e. The van der Waals surface area contributed by atoms with Gasteiger partial charge in [-0.3, -0.25) is 9.59 Å². The Bertz CT molecular complexity index is 2920. The lowest BCUT2D eigenvalue weighted by molar-refractivity contribution is -0.122. The Hall–Kier alpha value is -6.10. The van der Waals surface area contributed by atoms with Crippen molar-refractivity contribution in [3.8, 4) is 35.2 Å². The maximum Gasteiger partial charge on any atom is 0.319 e. The lowest BCUT2D eigenvalue weighted by atomic mass is 9.87. The molecule has 1 saturated carbocycles. The number of benzene rings is 4. The fraction of sp³-hybridized carbons (Fsp3) is 0.524. The van der Waals surface area contributed by atoms with Crippen molar-refractivity contribution >= 4 is 45.0 Å². The molecule has 2 atom stereocenters. The van der Waals surface area contributed by atoms with Crippen molar-refractivity contribution in [1.29, 1.82) is 0 Å². The van der Waals surface area contributed by atoms with Crippen LogP contribution in [0.1, 0.15) is 128 Å². The minimum Gasteiger partial charge on any atom is -0.508 e. The van der Waals surface area contributed by atoms with Gasteiger partial charge in [0.25, 0.3) is 0 Å². The molecule has 4 aliphatic rings. The number of nitrogens with zero attached hydrogens (tertiary/aromatic N) is 6. The number of terminal acetylenes is 1. The number of rotatable bonds is 17. The van der Waals surface area contributed by atoms with E-state index in [9.17, 15) is 14.7 Å². The summed E-state index contributed by atoms with van der Waals surface area (Å²) in [6.45, 7) is 24.5. The maximum atomic E-state index is 17.1. The van der Waals surface area contributed by atoms with Gasteiger partial charge in [-0.05, 0) is 180 Å². The SMILES string of the molecule is C#Cc1c(F)ccc2cc(O)cc(-c3ccc4c(N5CCCC(C)C5)nc(OCC5(CN6CCC(CN7CCC(c8ccc(C)c(N(C)C(=O)C(C)CC)c8)CC7)CC6)CC5)nc4c3F)c12.C=CNC(=O)CCC(C)C. The Balaban J connectivity index is 0.000000695. The molecule has 0 radical (unpaired) electrons. The quantitative estimate of drug-likeness (QED) is 0.0879. The molecule has 4 fully saturated rings. The first kappa shape index (κ1) is 56.1. The molecule has 5 aromatic rings. The van der Waals surface area contributed by atoms with Gasteiger partial charge in [0.05, 0.1) is 12.2 Å². The number of anilines is 2. The first-order valence-corrected chi connectivity index (χ1v) is 28.0. The molecule has 2 amide bonds. The number of aromatic hydroxyl groups is 1. The maximum absolute atomic E-state index is 17.1. The van der Waals surface area contributed by atoms with Gasteiger partial charge in [-0.1, -0.05) is 71.4 Å². The minimum atomic E-state index is -0.599. The monoisotopic (exact) mass is 1040 g/mol. The van der Waals surface area contributed by atoms with Gasteiger partial charge in [-0.2, -0.15) is 9.97 Å². The van der Waals surface area contributed by atoms with Crippen molar-refractivity contribution in [3.63, 3.8) is 0 Å². The fourth-order valence-electron chi connectivity index (χ4n) is 11.6. The first-order valence-electron chi connectivity index (χ1n) is 28.0. The van der Waals surface area contributed by atoms with Gasteiger partial charge in [0.15, 0.2) is 5.82 Å². The van der Waals surface area contributed by atoms with Crippen LogP contribution in [0.4, 0.5) is 20.3 Å². The molecule has 2 N–H and O–H groups in total. The third kappa shape index (κ3) is 13.3. The molecule has 11 nitrogen and oxygen atoms in total. The second kappa shape index (κ2) is 24.9. The number of piperidine rings is 3. The van der Waals surface area contributed by atoms with Crippen LogP contribution in [0, 0.1) is 60.0 Å². The van der Waals surface area contributed by atoms with Crippen LogP contribution in [0.15, 0.2) is 67.4 Å². The summed E-state index contributed by atoms with van der Waals surface area (Å²) < 4.78 is 38.6. The number of phenols is 1. The van der Waals surface area contributed by atoms with E-state index in [1.807, 2.05) is 24.9 Å². The number of carbonyl (C=O) groups is 2. The fourth-order valence-corrected chi connectivity index (χ4v) is 11.6. The van der Waals surface area contributed by atoms with E-state index in [4.69, 9.17) is 21.1 Å². The number of halogens is 2. The van der Waals surface area contributed by atoms with E-state index in [0.717, 1.165) is 115 Å². The van der Waals surface area contributed by atoms with Crippen LogP contribution in [0.25, 0.3) is 32.8 Å². The highest BCUT2D eigenvalue weighted by molar-refractivity contribution is 6.04. The molecule has 0 bridgehead atoms. The number of hydrogen-bond donors (Lipinski definition) is 2. The number of aromatic nitrogens is 2. The van der Waals surface area contributed by atoms with Crippen molar-refractivity contribution in [2.45, 2.75) is 118 Å². The van der Waals surface area contributed by atoms with Crippen molar-refractivity contribution in [2.24, 2.45) is 29.1 Å². The largest absolute Gasteiger partial charge is 0.508 e. The highest BCUT2D eigenvalue weighted by Crippen LogP contribution is 2.48. The predicted octanol–water partition coefficient (Wildman–Crippen LogP) is 12.4. The van der Waals surface area contributed by atoms with Gasteiger partial charge in [0.2, 0.25) is 11.8 Å². The normalized spacial score (nSPS) is 18.7. The second-order valence-corrected chi connectivity index (χ2v) is 23.0. The Kier molecular flexibility index (Phi) is 18.4. The van der Waals surface area contributed by atoms with Crippen LogP contribution < -0.4 is 19.9 Å². The molecule has 3 saturated heterocycles. The highest BCUT2D eigenvalue weighted by atomic mass is 19.1. The molecule has 3 aliphatic heterocycles. The molecule has 4 aromatic carbocycles. The molecule has 406 valence electrons. The predicted molar refractivity (Wildman–Crippen MR) is 304 cm³/mol. The lowest BCUT2D eigenvalue weighted by Gasteiger charge is -2.38. The molecular formula is C63H81F2N7O4. The van der Waals surface area contributed by atoms with Crippen LogP contribution in [0.3, 0.4) is 0 Å². The highest BCUT2D eigenvalue weighted by Gasteiger charge is 2.45. The molecule has 2 unspecified atom stereocenters. The van der Waals surface area contributed by atoms with Gasteiger partial charge >= 0.3 is 6.01 Å². The Morgan fingerprint density at radius 3 is 2.38 bits per heavy atom. The summed E-state index contributed by atoms with van der Waals surface area (Å²) in [6.07, 6.45) is 18.5. The summed E-state index contributed by atoms with van der Waals surface area (Å²) in [5.41, 5.74) is 4.15. The summed E-state index contributed by atoms with van der Waals surface area (Å²) in [5.74, 6) is 4.35. The van der Waals surface area contributed by atoms with Crippen LogP contribution in [0.5, 0.6) is 11.8 Å². The molecule has 9 rings (SSSR count). The Morgan fingerprint density at radius 1 is 0.974 bits per heavy atom. The summed E-state index contributed by atoms with van der Waals surface area (Å²) >= 11 is 0. The van der Waals surface area contributed by atoms with Crippen LogP contribution in [-0.2, 0) is 9.59 Å². The zero-order chi connectivity index (χ0) is 54.3. The number of fused-ring (bicyclic) bond motifs is 2. The number of amides is 2. The van der Waals surface area contributed by atoms with Gasteiger partial charge in [0.1, 0.15) is 22.9 Å². The number of ether oxygens (including phenoxy) is 1. The summed E-state index contributed by atoms with van der Waals surface area (Å²) in [6, 6.07) is 16.1. The average molecular weight is 1040 g/mol. The lowest BCUT2D eigenvalue weighted by Crippen LogP contribution is -2.43. The van der Waals surface area contributed by atoms with Crippen LogP contribution in [0.2, 0.25) is 0 Å². The number of phenolic OH excluding ortho intramolecular Hbond substituents is 1. The van der Waals surface area contributed by atoms with Crippen molar-refractivity contribution in [2.75, 3.05) is 75.8 Å². The van der Waals surface area contributed by atoms with E-state index in [2.05, 4.69) is 85.3 Å². The number of carbonyl (C=O) groups excluding carboxylic acids is 2. The van der Waals surface area contributed by atoms with Gasteiger partial charge < -0.3 is 34.8 Å². The number of aryl methyl sites for hydroxylation is 1.